The summed E-state index contributed by atoms with van der Waals surface area (Å²) in [4.78, 5) is 0.992. The third kappa shape index (κ3) is 4.71. The Morgan fingerprint density at radius 3 is 2.78 bits per heavy atom. The first-order valence-electron chi connectivity index (χ1n) is 5.96. The monoisotopic (exact) mass is 334 g/mol. The van der Waals surface area contributed by atoms with Crippen LogP contribution in [0.15, 0.2) is 21.5 Å². The Morgan fingerprint density at radius 1 is 1.39 bits per heavy atom. The highest BCUT2D eigenvalue weighted by atomic mass is 79.9. The summed E-state index contributed by atoms with van der Waals surface area (Å²) in [5.74, 6) is 2.14. The van der Waals surface area contributed by atoms with Crippen LogP contribution in [0.2, 0.25) is 0 Å². The lowest BCUT2D eigenvalue weighted by Gasteiger charge is -2.15. The van der Waals surface area contributed by atoms with Gasteiger partial charge in [-0.15, -0.1) is 11.8 Å². The molecular formula is C13H19BrO3S. The number of rotatable bonds is 8. The second-order valence-electron chi connectivity index (χ2n) is 3.71. The van der Waals surface area contributed by atoms with E-state index in [0.717, 1.165) is 33.7 Å². The number of aliphatic hydroxyl groups excluding tert-OH is 1. The van der Waals surface area contributed by atoms with Crippen molar-refractivity contribution >= 4 is 27.7 Å². The van der Waals surface area contributed by atoms with Crippen LogP contribution in [-0.2, 0) is 0 Å². The zero-order valence-corrected chi connectivity index (χ0v) is 13.1. The van der Waals surface area contributed by atoms with Gasteiger partial charge in [-0.05, 0) is 18.6 Å². The lowest BCUT2D eigenvalue weighted by Crippen LogP contribution is -2.01. The Hall–Kier alpha value is -0.390. The summed E-state index contributed by atoms with van der Waals surface area (Å²) in [5.41, 5.74) is 0. The van der Waals surface area contributed by atoms with Gasteiger partial charge in [0.05, 0.1) is 25.2 Å². The van der Waals surface area contributed by atoms with Gasteiger partial charge in [-0.2, -0.15) is 0 Å². The van der Waals surface area contributed by atoms with Gasteiger partial charge in [-0.3, -0.25) is 0 Å². The molecule has 0 aliphatic rings. The molecule has 0 amide bonds. The van der Waals surface area contributed by atoms with Crippen molar-refractivity contribution in [3.63, 3.8) is 0 Å². The fraction of sp³-hybridized carbons (Fsp3) is 0.538. The largest absolute Gasteiger partial charge is 0.493 e. The van der Waals surface area contributed by atoms with E-state index in [1.54, 1.807) is 18.9 Å². The maximum absolute atomic E-state index is 8.92. The predicted molar refractivity (Wildman–Crippen MR) is 78.9 cm³/mol. The van der Waals surface area contributed by atoms with Gasteiger partial charge in [0.15, 0.2) is 11.5 Å². The molecule has 1 aromatic carbocycles. The van der Waals surface area contributed by atoms with E-state index in [-0.39, 0.29) is 6.61 Å². The molecule has 0 heterocycles. The first-order valence-corrected chi connectivity index (χ1v) is 7.74. The minimum Gasteiger partial charge on any atom is -0.493 e. The molecule has 0 atom stereocenters. The van der Waals surface area contributed by atoms with Gasteiger partial charge in [-0.1, -0.05) is 29.3 Å². The molecule has 1 rings (SSSR count). The summed E-state index contributed by atoms with van der Waals surface area (Å²) < 4.78 is 12.1. The van der Waals surface area contributed by atoms with Gasteiger partial charge in [0.25, 0.3) is 0 Å². The summed E-state index contributed by atoms with van der Waals surface area (Å²) in [7, 11) is 1.63. The maximum Gasteiger partial charge on any atom is 0.174 e. The number of ether oxygens (including phenoxy) is 2. The topological polar surface area (TPSA) is 38.7 Å². The molecule has 0 saturated heterocycles. The fourth-order valence-corrected chi connectivity index (χ4v) is 2.82. The van der Waals surface area contributed by atoms with Crippen LogP contribution in [0.1, 0.15) is 19.8 Å². The Bertz CT molecular complexity index is 371. The van der Waals surface area contributed by atoms with Crippen molar-refractivity contribution in [3.8, 4) is 11.5 Å². The van der Waals surface area contributed by atoms with Crippen molar-refractivity contribution in [2.45, 2.75) is 24.7 Å². The second-order valence-corrected chi connectivity index (χ2v) is 5.76. The van der Waals surface area contributed by atoms with Crippen LogP contribution < -0.4 is 9.47 Å². The molecule has 0 unspecified atom stereocenters. The van der Waals surface area contributed by atoms with Crippen LogP contribution in [0.5, 0.6) is 11.5 Å². The molecule has 1 N–H and O–H groups in total. The average molecular weight is 335 g/mol. The molecule has 18 heavy (non-hydrogen) atoms. The van der Waals surface area contributed by atoms with E-state index in [9.17, 15) is 0 Å². The maximum atomic E-state index is 8.92. The number of unbranched alkanes of at least 4 members (excludes halogenated alkanes) is 1. The van der Waals surface area contributed by atoms with E-state index < -0.39 is 0 Å². The third-order valence-electron chi connectivity index (χ3n) is 2.30. The number of halogens is 1. The minimum absolute atomic E-state index is 0.147. The first kappa shape index (κ1) is 15.7. The van der Waals surface area contributed by atoms with Crippen molar-refractivity contribution in [2.75, 3.05) is 26.1 Å². The molecule has 0 radical (unpaired) electrons. The van der Waals surface area contributed by atoms with E-state index in [4.69, 9.17) is 14.6 Å². The minimum atomic E-state index is 0.147. The molecule has 102 valence electrons. The van der Waals surface area contributed by atoms with Crippen molar-refractivity contribution < 1.29 is 14.6 Å². The van der Waals surface area contributed by atoms with Crippen LogP contribution >= 0.6 is 27.7 Å². The molecule has 1 aromatic rings. The highest BCUT2D eigenvalue weighted by molar-refractivity contribution is 9.10. The van der Waals surface area contributed by atoms with Gasteiger partial charge in [0.2, 0.25) is 0 Å². The molecule has 0 saturated carbocycles. The zero-order chi connectivity index (χ0) is 13.4. The fourth-order valence-electron chi connectivity index (χ4n) is 1.42. The third-order valence-corrected chi connectivity index (χ3v) is 3.76. The van der Waals surface area contributed by atoms with E-state index in [1.165, 1.54) is 0 Å². The van der Waals surface area contributed by atoms with Gasteiger partial charge < -0.3 is 14.6 Å². The molecular weight excluding hydrogens is 316 g/mol. The Balaban J connectivity index is 2.92. The second kappa shape index (κ2) is 8.67. The van der Waals surface area contributed by atoms with Gasteiger partial charge in [0, 0.05) is 10.2 Å². The smallest absolute Gasteiger partial charge is 0.174 e. The quantitative estimate of drug-likeness (QED) is 0.580. The van der Waals surface area contributed by atoms with Crippen molar-refractivity contribution in [1.82, 2.24) is 0 Å². The average Bonchev–Trinajstić information content (AvgIpc) is 2.37. The van der Waals surface area contributed by atoms with Crippen LogP contribution in [0.25, 0.3) is 0 Å². The number of hydrogen-bond acceptors (Lipinski definition) is 4. The molecule has 0 aliphatic carbocycles. The lowest BCUT2D eigenvalue weighted by atomic mass is 10.3. The molecule has 0 bridgehead atoms. The normalized spacial score (nSPS) is 10.4. The standard InChI is InChI=1S/C13H19BrO3S/c1-3-4-6-17-13-11(16-2)8-10(14)9-12(13)18-7-5-15/h8-9,15H,3-7H2,1-2H3. The lowest BCUT2D eigenvalue weighted by molar-refractivity contribution is 0.281. The summed E-state index contributed by atoms with van der Waals surface area (Å²) in [5, 5.41) is 8.92. The summed E-state index contributed by atoms with van der Waals surface area (Å²) >= 11 is 5.01. The number of hydrogen-bond donors (Lipinski definition) is 1. The zero-order valence-electron chi connectivity index (χ0n) is 10.7. The molecule has 0 aromatic heterocycles. The number of aliphatic hydroxyl groups is 1. The van der Waals surface area contributed by atoms with Gasteiger partial charge >= 0.3 is 0 Å². The van der Waals surface area contributed by atoms with Crippen LogP contribution in [0, 0.1) is 0 Å². The summed E-state index contributed by atoms with van der Waals surface area (Å²) in [6.07, 6.45) is 2.11. The van der Waals surface area contributed by atoms with Crippen molar-refractivity contribution in [3.05, 3.63) is 16.6 Å². The molecule has 0 aliphatic heterocycles. The van der Waals surface area contributed by atoms with E-state index in [1.807, 2.05) is 12.1 Å². The van der Waals surface area contributed by atoms with Crippen molar-refractivity contribution in [1.29, 1.82) is 0 Å². The SMILES string of the molecule is CCCCOc1c(OC)cc(Br)cc1SCCO. The number of benzene rings is 1. The van der Waals surface area contributed by atoms with Crippen LogP contribution in [0.4, 0.5) is 0 Å². The summed E-state index contributed by atoms with van der Waals surface area (Å²) in [6, 6.07) is 3.88. The Morgan fingerprint density at radius 2 is 2.17 bits per heavy atom. The number of thioether (sulfide) groups is 1. The van der Waals surface area contributed by atoms with E-state index in [0.29, 0.717) is 12.4 Å². The predicted octanol–water partition coefficient (Wildman–Crippen LogP) is 3.72. The molecule has 0 spiro atoms. The molecule has 5 heteroatoms. The van der Waals surface area contributed by atoms with Gasteiger partial charge in [-0.25, -0.2) is 0 Å². The van der Waals surface area contributed by atoms with Crippen LogP contribution in [0.3, 0.4) is 0 Å². The highest BCUT2D eigenvalue weighted by Crippen LogP contribution is 2.40. The Kier molecular flexibility index (Phi) is 7.54. The molecule has 3 nitrogen and oxygen atoms in total. The Labute approximate surface area is 121 Å². The van der Waals surface area contributed by atoms with Crippen molar-refractivity contribution in [2.24, 2.45) is 0 Å². The number of methoxy groups -OCH3 is 1. The van der Waals surface area contributed by atoms with E-state index >= 15 is 0 Å². The first-order chi connectivity index (χ1) is 8.72. The van der Waals surface area contributed by atoms with Crippen LogP contribution in [-0.4, -0.2) is 31.2 Å². The highest BCUT2D eigenvalue weighted by Gasteiger charge is 2.13. The van der Waals surface area contributed by atoms with Gasteiger partial charge in [0.1, 0.15) is 0 Å². The summed E-state index contributed by atoms with van der Waals surface area (Å²) in [6.45, 7) is 2.96. The molecule has 0 fully saturated rings. The van der Waals surface area contributed by atoms with E-state index in [2.05, 4.69) is 22.9 Å².